The number of fused-ring (bicyclic) bond motifs is 7. The third-order valence-corrected chi connectivity index (χ3v) is 10.6. The molecule has 1 aliphatic rings. The van der Waals surface area contributed by atoms with Gasteiger partial charge in [-0.15, -0.1) is 0 Å². The van der Waals surface area contributed by atoms with E-state index in [4.69, 9.17) is 4.98 Å². The molecule has 258 valence electrons. The minimum atomic E-state index is 0.373. The van der Waals surface area contributed by atoms with Gasteiger partial charge in [0.25, 0.3) is 0 Å². The van der Waals surface area contributed by atoms with E-state index < -0.39 is 0 Å². The fourth-order valence-electron chi connectivity index (χ4n) is 8.06. The molecular weight excluding hydrogens is 671 g/mol. The van der Waals surface area contributed by atoms with Gasteiger partial charge in [0.1, 0.15) is 6.07 Å². The molecule has 2 aromatic heterocycles. The minimum Gasteiger partial charge on any atom is -0.337 e. The van der Waals surface area contributed by atoms with Crippen molar-refractivity contribution >= 4 is 60.4 Å². The largest absolute Gasteiger partial charge is 0.337 e. The van der Waals surface area contributed by atoms with E-state index >= 15 is 0 Å². The van der Waals surface area contributed by atoms with Gasteiger partial charge in [0.2, 0.25) is 0 Å². The van der Waals surface area contributed by atoms with Crippen molar-refractivity contribution in [1.29, 1.82) is 5.26 Å². The van der Waals surface area contributed by atoms with Crippen molar-refractivity contribution in [1.82, 2.24) is 14.5 Å². The van der Waals surface area contributed by atoms with Crippen LogP contribution in [-0.4, -0.2) is 21.1 Å². The second kappa shape index (κ2) is 13.1. The predicted octanol–water partition coefficient (Wildman–Crippen LogP) is 12.4. The standard InChI is InChI=1S/C50H33N5/c1-33-13-4-3-11-30-54(37-26-22-35(23-27-37)50-52-44-20-10-9-18-43(44)45(32-51)53-50)46-21-12-19-39(48(33)46)36-25-28-41-42-29-24-34-14-7-8-17-40(34)49(42)55(47(41)31-36)38-15-5-2-6-16-38/h2-29,31H,1,30H2/b11-3-,13-4-. The van der Waals surface area contributed by atoms with E-state index in [0.717, 1.165) is 61.3 Å². The molecule has 0 amide bonds. The van der Waals surface area contributed by atoms with Crippen LogP contribution in [0.15, 0.2) is 183 Å². The number of hydrogen-bond acceptors (Lipinski definition) is 4. The lowest BCUT2D eigenvalue weighted by molar-refractivity contribution is 1.09. The highest BCUT2D eigenvalue weighted by atomic mass is 15.1. The molecule has 0 radical (unpaired) electrons. The molecule has 0 unspecified atom stereocenters. The molecule has 1 aliphatic heterocycles. The SMILES string of the molecule is C=C1/C=C\C=C/CN(c2ccc(-c3nc(C#N)c4ccccc4n3)cc2)c2cccc(-c3ccc4c5ccc6ccccc6c5n(-c5ccccc5)c4c3)c21. The van der Waals surface area contributed by atoms with Crippen molar-refractivity contribution in [3.63, 3.8) is 0 Å². The van der Waals surface area contributed by atoms with Crippen LogP contribution < -0.4 is 4.90 Å². The number of nitrogens with zero attached hydrogens (tertiary/aromatic N) is 5. The van der Waals surface area contributed by atoms with Crippen molar-refractivity contribution in [3.8, 4) is 34.3 Å². The Morgan fingerprint density at radius 3 is 2.24 bits per heavy atom. The number of benzene rings is 7. The van der Waals surface area contributed by atoms with Crippen molar-refractivity contribution < 1.29 is 0 Å². The number of para-hydroxylation sites is 2. The summed E-state index contributed by atoms with van der Waals surface area (Å²) in [7, 11) is 0. The topological polar surface area (TPSA) is 57.7 Å². The lowest BCUT2D eigenvalue weighted by Crippen LogP contribution is -2.18. The second-order valence-corrected chi connectivity index (χ2v) is 13.8. The molecule has 0 N–H and O–H groups in total. The first-order valence-corrected chi connectivity index (χ1v) is 18.4. The van der Waals surface area contributed by atoms with Crippen LogP contribution >= 0.6 is 0 Å². The molecule has 10 rings (SSSR count). The molecule has 3 heterocycles. The van der Waals surface area contributed by atoms with Crippen LogP contribution in [0, 0.1) is 11.3 Å². The smallest absolute Gasteiger partial charge is 0.161 e. The predicted molar refractivity (Wildman–Crippen MR) is 228 cm³/mol. The van der Waals surface area contributed by atoms with E-state index in [-0.39, 0.29) is 0 Å². The van der Waals surface area contributed by atoms with E-state index in [1.807, 2.05) is 36.4 Å². The van der Waals surface area contributed by atoms with Crippen molar-refractivity contribution in [3.05, 3.63) is 194 Å². The lowest BCUT2D eigenvalue weighted by Gasteiger charge is -2.28. The van der Waals surface area contributed by atoms with E-state index in [1.54, 1.807) is 0 Å². The molecule has 0 saturated carbocycles. The Morgan fingerprint density at radius 2 is 1.38 bits per heavy atom. The number of aromatic nitrogens is 3. The first-order chi connectivity index (χ1) is 27.2. The van der Waals surface area contributed by atoms with Gasteiger partial charge in [-0.25, -0.2) is 9.97 Å². The zero-order valence-corrected chi connectivity index (χ0v) is 29.9. The van der Waals surface area contributed by atoms with Gasteiger partial charge in [0.15, 0.2) is 11.5 Å². The molecule has 9 aromatic rings. The Morgan fingerprint density at radius 1 is 0.618 bits per heavy atom. The Bertz CT molecular complexity index is 3090. The van der Waals surface area contributed by atoms with Crippen molar-refractivity contribution in [2.45, 2.75) is 0 Å². The molecule has 5 heteroatoms. The second-order valence-electron chi connectivity index (χ2n) is 13.8. The molecule has 0 bridgehead atoms. The number of hydrogen-bond donors (Lipinski definition) is 0. The quantitative estimate of drug-likeness (QED) is 0.183. The summed E-state index contributed by atoms with van der Waals surface area (Å²) in [4.78, 5) is 11.7. The fraction of sp³-hybridized carbons (Fsp3) is 0.0200. The maximum absolute atomic E-state index is 9.84. The van der Waals surface area contributed by atoms with Crippen molar-refractivity contribution in [2.24, 2.45) is 0 Å². The van der Waals surface area contributed by atoms with Crippen LogP contribution in [0.3, 0.4) is 0 Å². The molecule has 0 fully saturated rings. The van der Waals surface area contributed by atoms with Gasteiger partial charge >= 0.3 is 0 Å². The molecular formula is C50H33N5. The average molecular weight is 704 g/mol. The number of nitriles is 1. The van der Waals surface area contributed by atoms with Gasteiger partial charge < -0.3 is 9.47 Å². The highest BCUT2D eigenvalue weighted by molar-refractivity contribution is 6.19. The zero-order valence-electron chi connectivity index (χ0n) is 29.9. The van der Waals surface area contributed by atoms with E-state index in [2.05, 4.69) is 167 Å². The lowest BCUT2D eigenvalue weighted by atomic mass is 9.92. The summed E-state index contributed by atoms with van der Waals surface area (Å²) < 4.78 is 2.42. The summed E-state index contributed by atoms with van der Waals surface area (Å²) in [5.74, 6) is 0.530. The molecule has 0 saturated heterocycles. The maximum Gasteiger partial charge on any atom is 0.161 e. The van der Waals surface area contributed by atoms with Crippen LogP contribution in [0.4, 0.5) is 11.4 Å². The zero-order chi connectivity index (χ0) is 36.9. The summed E-state index contributed by atoms with van der Waals surface area (Å²) in [6, 6.07) is 55.4. The average Bonchev–Trinajstić information content (AvgIpc) is 3.62. The van der Waals surface area contributed by atoms with Crippen molar-refractivity contribution in [2.75, 3.05) is 11.4 Å². The first-order valence-electron chi connectivity index (χ1n) is 18.4. The molecule has 5 nitrogen and oxygen atoms in total. The Kier molecular flexibility index (Phi) is 7.68. The molecule has 7 aromatic carbocycles. The number of rotatable bonds is 4. The summed E-state index contributed by atoms with van der Waals surface area (Å²) in [5, 5.41) is 15.5. The Hall–Kier alpha value is -7.55. The normalized spacial score (nSPS) is 14.0. The maximum atomic E-state index is 9.84. The third kappa shape index (κ3) is 5.39. The summed E-state index contributed by atoms with van der Waals surface area (Å²) in [6.45, 7) is 5.27. The van der Waals surface area contributed by atoms with Crippen LogP contribution in [-0.2, 0) is 0 Å². The monoisotopic (exact) mass is 703 g/mol. The molecule has 0 atom stereocenters. The van der Waals surface area contributed by atoms with Gasteiger partial charge in [-0.1, -0.05) is 122 Å². The molecule has 55 heavy (non-hydrogen) atoms. The molecule has 0 spiro atoms. The third-order valence-electron chi connectivity index (χ3n) is 10.6. The van der Waals surface area contributed by atoms with E-state index in [0.29, 0.717) is 18.1 Å². The van der Waals surface area contributed by atoms with Crippen LogP contribution in [0.1, 0.15) is 11.3 Å². The van der Waals surface area contributed by atoms with Crippen LogP contribution in [0.25, 0.3) is 77.3 Å². The summed E-state index contributed by atoms with van der Waals surface area (Å²) >= 11 is 0. The highest BCUT2D eigenvalue weighted by Crippen LogP contribution is 2.43. The van der Waals surface area contributed by atoms with Crippen LogP contribution in [0.2, 0.25) is 0 Å². The highest BCUT2D eigenvalue weighted by Gasteiger charge is 2.21. The Labute approximate surface area is 318 Å². The van der Waals surface area contributed by atoms with Gasteiger partial charge in [0.05, 0.1) is 16.6 Å². The van der Waals surface area contributed by atoms with Crippen LogP contribution in [0.5, 0.6) is 0 Å². The Balaban J connectivity index is 1.13. The number of allylic oxidation sites excluding steroid dienone is 4. The fourth-order valence-corrected chi connectivity index (χ4v) is 8.06. The summed E-state index contributed by atoms with van der Waals surface area (Å²) in [5.41, 5.74) is 11.8. The van der Waals surface area contributed by atoms with E-state index in [1.165, 1.54) is 27.1 Å². The van der Waals surface area contributed by atoms with Gasteiger partial charge in [-0.2, -0.15) is 5.26 Å². The van der Waals surface area contributed by atoms with Gasteiger partial charge in [-0.3, -0.25) is 0 Å². The first kappa shape index (κ1) is 32.1. The van der Waals surface area contributed by atoms with E-state index in [9.17, 15) is 5.26 Å². The minimum absolute atomic E-state index is 0.373. The molecule has 0 aliphatic carbocycles. The van der Waals surface area contributed by atoms with Gasteiger partial charge in [-0.05, 0) is 82.7 Å². The summed E-state index contributed by atoms with van der Waals surface area (Å²) in [6.07, 6.45) is 8.42. The van der Waals surface area contributed by atoms with Gasteiger partial charge in [0, 0.05) is 56.3 Å². The number of anilines is 2.